The molecule has 9 heteroatoms. The molecule has 9 nitrogen and oxygen atoms in total. The van der Waals surface area contributed by atoms with Crippen LogP contribution < -0.4 is 0 Å². The van der Waals surface area contributed by atoms with E-state index in [-0.39, 0.29) is 19.2 Å². The summed E-state index contributed by atoms with van der Waals surface area (Å²) < 4.78 is 22.9. The zero-order valence-electron chi connectivity index (χ0n) is 40.2. The molecule has 1 saturated heterocycles. The number of hydrogen-bond donors (Lipinski definition) is 4. The molecule has 1 aliphatic heterocycles. The summed E-state index contributed by atoms with van der Waals surface area (Å²) in [4.78, 5) is 12.8. The van der Waals surface area contributed by atoms with Gasteiger partial charge in [-0.3, -0.25) is 4.79 Å². The SMILES string of the molecule is CC/C=C\C/C=C\C/C=C\C/C=C\C/C=C\C/C=C\CCCCCCCOCC(COC1OC(CO)C(O)C(O)C1O)OC(=O)CCCCCCCCC/C=C\C/C=C\CCCCC. The van der Waals surface area contributed by atoms with E-state index in [4.69, 9.17) is 18.9 Å². The summed E-state index contributed by atoms with van der Waals surface area (Å²) in [5.41, 5.74) is 0. The number of aliphatic hydroxyl groups excluding tert-OH is 4. The van der Waals surface area contributed by atoms with Crippen LogP contribution in [0.4, 0.5) is 0 Å². The van der Waals surface area contributed by atoms with Gasteiger partial charge in [-0.1, -0.05) is 175 Å². The standard InChI is InChI=1S/C55H92O9/c1-3-5-7-9-11-13-15-17-19-21-22-23-24-25-26-27-29-31-33-35-37-39-41-43-45-61-47-49(48-62-55-54(60)53(59)52(58)50(46-56)64-55)63-51(57)44-42-40-38-36-34-32-30-28-20-18-16-14-12-10-8-6-4-2/h5,7,11-14,17-20,22-23,25-26,29,31,49-50,52-56,58-60H,3-4,6,8-10,15-16,21,24,27-28,30,32-48H2,1-2H3/b7-5-,13-11-,14-12-,19-17-,20-18-,23-22-,26-25-,31-29-. The van der Waals surface area contributed by atoms with E-state index in [9.17, 15) is 25.2 Å². The first-order valence-electron chi connectivity index (χ1n) is 25.3. The molecule has 0 saturated carbocycles. The van der Waals surface area contributed by atoms with E-state index in [1.165, 1.54) is 44.9 Å². The average molecular weight is 897 g/mol. The van der Waals surface area contributed by atoms with Crippen molar-refractivity contribution in [3.63, 3.8) is 0 Å². The lowest BCUT2D eigenvalue weighted by Crippen LogP contribution is -2.59. The molecule has 0 aromatic rings. The minimum atomic E-state index is -1.55. The van der Waals surface area contributed by atoms with Crippen LogP contribution >= 0.6 is 0 Å². The lowest BCUT2D eigenvalue weighted by Gasteiger charge is -2.39. The van der Waals surface area contributed by atoms with Crippen molar-refractivity contribution in [2.75, 3.05) is 26.4 Å². The fourth-order valence-electron chi connectivity index (χ4n) is 7.05. The first-order valence-corrected chi connectivity index (χ1v) is 25.3. The Labute approximate surface area is 390 Å². The van der Waals surface area contributed by atoms with Crippen molar-refractivity contribution in [3.05, 3.63) is 97.2 Å². The fourth-order valence-corrected chi connectivity index (χ4v) is 7.05. The second-order valence-corrected chi connectivity index (χ2v) is 16.9. The van der Waals surface area contributed by atoms with E-state index in [0.717, 1.165) is 116 Å². The monoisotopic (exact) mass is 897 g/mol. The molecule has 0 amide bonds. The van der Waals surface area contributed by atoms with Gasteiger partial charge in [0.1, 0.15) is 30.5 Å². The molecule has 4 N–H and O–H groups in total. The molecular formula is C55H92O9. The Bertz CT molecular complexity index is 1300. The predicted octanol–water partition coefficient (Wildman–Crippen LogP) is 12.4. The maximum atomic E-state index is 12.8. The van der Waals surface area contributed by atoms with Crippen LogP contribution in [0.1, 0.15) is 181 Å². The van der Waals surface area contributed by atoms with Crippen LogP contribution in [0.15, 0.2) is 97.2 Å². The minimum absolute atomic E-state index is 0.122. The number of unbranched alkanes of at least 4 members (excludes halogenated alkanes) is 15. The van der Waals surface area contributed by atoms with Crippen molar-refractivity contribution in [1.82, 2.24) is 0 Å². The Hall–Kier alpha value is -2.89. The summed E-state index contributed by atoms with van der Waals surface area (Å²) in [6.45, 7) is 4.35. The van der Waals surface area contributed by atoms with Gasteiger partial charge in [0.15, 0.2) is 6.29 Å². The molecule has 1 rings (SSSR count). The lowest BCUT2D eigenvalue weighted by atomic mass is 9.99. The summed E-state index contributed by atoms with van der Waals surface area (Å²) in [6, 6.07) is 0. The van der Waals surface area contributed by atoms with Gasteiger partial charge in [0.2, 0.25) is 0 Å². The maximum Gasteiger partial charge on any atom is 0.306 e. The van der Waals surface area contributed by atoms with E-state index in [2.05, 4.69) is 111 Å². The summed E-state index contributed by atoms with van der Waals surface area (Å²) in [6.07, 6.45) is 55.7. The molecule has 6 atom stereocenters. The zero-order chi connectivity index (χ0) is 46.4. The molecular weight excluding hydrogens is 805 g/mol. The summed E-state index contributed by atoms with van der Waals surface area (Å²) >= 11 is 0. The number of carbonyl (C=O) groups excluding carboxylic acids is 1. The number of aliphatic hydroxyl groups is 4. The van der Waals surface area contributed by atoms with Crippen LogP contribution in [0.25, 0.3) is 0 Å². The lowest BCUT2D eigenvalue weighted by molar-refractivity contribution is -0.305. The van der Waals surface area contributed by atoms with Crippen LogP contribution in [-0.2, 0) is 23.7 Å². The molecule has 1 heterocycles. The molecule has 0 aromatic carbocycles. The van der Waals surface area contributed by atoms with Gasteiger partial charge in [0.25, 0.3) is 0 Å². The molecule has 6 unspecified atom stereocenters. The van der Waals surface area contributed by atoms with E-state index in [0.29, 0.717) is 13.0 Å². The normalized spacial score (nSPS) is 20.4. The largest absolute Gasteiger partial charge is 0.457 e. The van der Waals surface area contributed by atoms with Gasteiger partial charge in [0, 0.05) is 13.0 Å². The maximum absolute atomic E-state index is 12.8. The Kier molecular flexibility index (Phi) is 41.8. The molecule has 1 aliphatic rings. The summed E-state index contributed by atoms with van der Waals surface area (Å²) in [5, 5.41) is 40.2. The van der Waals surface area contributed by atoms with Crippen molar-refractivity contribution < 1.29 is 44.2 Å². The number of hydrogen-bond acceptors (Lipinski definition) is 9. The number of esters is 1. The third-order valence-electron chi connectivity index (χ3n) is 11.0. The van der Waals surface area contributed by atoms with Gasteiger partial charge in [-0.2, -0.15) is 0 Å². The van der Waals surface area contributed by atoms with E-state index < -0.39 is 43.4 Å². The van der Waals surface area contributed by atoms with Gasteiger partial charge < -0.3 is 39.4 Å². The Balaban J connectivity index is 2.25. The van der Waals surface area contributed by atoms with E-state index in [1.54, 1.807) is 0 Å². The quantitative estimate of drug-likeness (QED) is 0.0268. The Morgan fingerprint density at radius 3 is 1.44 bits per heavy atom. The number of rotatable bonds is 42. The van der Waals surface area contributed by atoms with Gasteiger partial charge in [-0.25, -0.2) is 0 Å². The topological polar surface area (TPSA) is 135 Å². The first-order chi connectivity index (χ1) is 31.4. The van der Waals surface area contributed by atoms with Crippen LogP contribution in [0.5, 0.6) is 0 Å². The van der Waals surface area contributed by atoms with Crippen LogP contribution in [0.3, 0.4) is 0 Å². The first kappa shape index (κ1) is 59.1. The highest BCUT2D eigenvalue weighted by molar-refractivity contribution is 5.69. The number of carbonyl (C=O) groups is 1. The zero-order valence-corrected chi connectivity index (χ0v) is 40.2. The van der Waals surface area contributed by atoms with E-state index >= 15 is 0 Å². The van der Waals surface area contributed by atoms with Crippen LogP contribution in [0.2, 0.25) is 0 Å². The average Bonchev–Trinajstić information content (AvgIpc) is 3.30. The van der Waals surface area contributed by atoms with Gasteiger partial charge >= 0.3 is 5.97 Å². The predicted molar refractivity (Wildman–Crippen MR) is 265 cm³/mol. The molecule has 0 radical (unpaired) electrons. The molecule has 0 spiro atoms. The number of ether oxygens (including phenoxy) is 4. The van der Waals surface area contributed by atoms with Gasteiger partial charge in [0.05, 0.1) is 19.8 Å². The van der Waals surface area contributed by atoms with Crippen molar-refractivity contribution in [1.29, 1.82) is 0 Å². The fraction of sp³-hybridized carbons (Fsp3) is 0.691. The molecule has 366 valence electrons. The summed E-state index contributed by atoms with van der Waals surface area (Å²) in [5.74, 6) is -0.333. The van der Waals surface area contributed by atoms with Gasteiger partial charge in [-0.05, 0) is 96.3 Å². The Morgan fingerprint density at radius 1 is 0.516 bits per heavy atom. The smallest absolute Gasteiger partial charge is 0.306 e. The molecule has 0 bridgehead atoms. The van der Waals surface area contributed by atoms with E-state index in [1.807, 2.05) is 0 Å². The van der Waals surface area contributed by atoms with Crippen LogP contribution in [0, 0.1) is 0 Å². The third-order valence-corrected chi connectivity index (χ3v) is 11.0. The molecule has 1 fully saturated rings. The summed E-state index contributed by atoms with van der Waals surface area (Å²) in [7, 11) is 0. The second kappa shape index (κ2) is 45.3. The molecule has 0 aromatic heterocycles. The second-order valence-electron chi connectivity index (χ2n) is 16.9. The molecule has 64 heavy (non-hydrogen) atoms. The highest BCUT2D eigenvalue weighted by Gasteiger charge is 2.44. The third kappa shape index (κ3) is 35.4. The highest BCUT2D eigenvalue weighted by Crippen LogP contribution is 2.22. The molecule has 0 aliphatic carbocycles. The van der Waals surface area contributed by atoms with Gasteiger partial charge in [-0.15, -0.1) is 0 Å². The van der Waals surface area contributed by atoms with Crippen molar-refractivity contribution >= 4 is 5.97 Å². The Morgan fingerprint density at radius 2 is 0.953 bits per heavy atom. The van der Waals surface area contributed by atoms with Crippen molar-refractivity contribution in [2.45, 2.75) is 218 Å². The minimum Gasteiger partial charge on any atom is -0.457 e. The van der Waals surface area contributed by atoms with Crippen molar-refractivity contribution in [2.24, 2.45) is 0 Å². The highest BCUT2D eigenvalue weighted by atomic mass is 16.7. The van der Waals surface area contributed by atoms with Crippen molar-refractivity contribution in [3.8, 4) is 0 Å². The van der Waals surface area contributed by atoms with Crippen LogP contribution in [-0.4, -0.2) is 89.6 Å². The number of allylic oxidation sites excluding steroid dienone is 16.